The van der Waals surface area contributed by atoms with Crippen LogP contribution in [0, 0.1) is 0 Å². The molecule has 148 valence electrons. The van der Waals surface area contributed by atoms with Crippen molar-refractivity contribution in [3.05, 3.63) is 53.6 Å². The van der Waals surface area contributed by atoms with Crippen molar-refractivity contribution in [1.82, 2.24) is 0 Å². The third-order valence-corrected chi connectivity index (χ3v) is 6.87. The molecule has 2 atom stereocenters. The molecule has 0 saturated carbocycles. The fourth-order valence-electron chi connectivity index (χ4n) is 4.14. The van der Waals surface area contributed by atoms with E-state index in [0.29, 0.717) is 25.9 Å². The summed E-state index contributed by atoms with van der Waals surface area (Å²) in [5, 5.41) is 11.2. The standard InChI is InChI=1S/C23H27NO3S/c1-3-18-15-23(26,11-12-27-18)17-5-4-6-19(14-17)28-20-8-9-21-16(13-20)7-10-22(25)24(21)2/h4-6,8-9,13-14,18,26H,3,7,10-12,15H2,1-2H3/t18-,23-/m0/s1. The van der Waals surface area contributed by atoms with Crippen molar-refractivity contribution in [3.8, 4) is 0 Å². The molecule has 0 unspecified atom stereocenters. The van der Waals surface area contributed by atoms with Crippen molar-refractivity contribution in [2.45, 2.75) is 60.5 Å². The highest BCUT2D eigenvalue weighted by Gasteiger charge is 2.36. The predicted molar refractivity (Wildman–Crippen MR) is 112 cm³/mol. The van der Waals surface area contributed by atoms with Crippen molar-refractivity contribution in [3.63, 3.8) is 0 Å². The number of amides is 1. The van der Waals surface area contributed by atoms with Gasteiger partial charge in [-0.2, -0.15) is 0 Å². The minimum Gasteiger partial charge on any atom is -0.385 e. The van der Waals surface area contributed by atoms with Gasteiger partial charge in [0, 0.05) is 41.8 Å². The zero-order valence-electron chi connectivity index (χ0n) is 16.5. The summed E-state index contributed by atoms with van der Waals surface area (Å²) in [7, 11) is 1.84. The van der Waals surface area contributed by atoms with Gasteiger partial charge in [-0.05, 0) is 54.3 Å². The van der Waals surface area contributed by atoms with E-state index in [1.807, 2.05) is 25.2 Å². The Bertz CT molecular complexity index is 884. The number of ether oxygens (including phenoxy) is 1. The third-order valence-electron chi connectivity index (χ3n) is 5.89. The second-order valence-electron chi connectivity index (χ2n) is 7.76. The molecular formula is C23H27NO3S. The zero-order valence-corrected chi connectivity index (χ0v) is 17.3. The Morgan fingerprint density at radius 2 is 2.04 bits per heavy atom. The van der Waals surface area contributed by atoms with Crippen LogP contribution in [0.5, 0.6) is 0 Å². The summed E-state index contributed by atoms with van der Waals surface area (Å²) in [6.45, 7) is 2.70. The number of nitrogens with zero attached hydrogens (tertiary/aromatic N) is 1. The maximum Gasteiger partial charge on any atom is 0.227 e. The summed E-state index contributed by atoms with van der Waals surface area (Å²) in [6.07, 6.45) is 3.69. The second kappa shape index (κ2) is 7.90. The zero-order chi connectivity index (χ0) is 19.7. The molecule has 5 heteroatoms. The molecule has 28 heavy (non-hydrogen) atoms. The van der Waals surface area contributed by atoms with Crippen LogP contribution < -0.4 is 4.90 Å². The van der Waals surface area contributed by atoms with Crippen molar-refractivity contribution in [2.75, 3.05) is 18.6 Å². The number of hydrogen-bond acceptors (Lipinski definition) is 4. The lowest BCUT2D eigenvalue weighted by molar-refractivity contribution is -0.118. The lowest BCUT2D eigenvalue weighted by Gasteiger charge is -2.37. The molecule has 1 saturated heterocycles. The number of hydrogen-bond donors (Lipinski definition) is 1. The molecule has 0 radical (unpaired) electrons. The number of anilines is 1. The average Bonchev–Trinajstić information content (AvgIpc) is 2.71. The Morgan fingerprint density at radius 1 is 1.21 bits per heavy atom. The van der Waals surface area contributed by atoms with Gasteiger partial charge < -0.3 is 14.7 Å². The summed E-state index contributed by atoms with van der Waals surface area (Å²) >= 11 is 1.70. The van der Waals surface area contributed by atoms with Crippen molar-refractivity contribution in [2.24, 2.45) is 0 Å². The first-order valence-electron chi connectivity index (χ1n) is 10.0. The Hall–Kier alpha value is -1.82. The van der Waals surface area contributed by atoms with Crippen molar-refractivity contribution >= 4 is 23.4 Å². The molecule has 2 aliphatic heterocycles. The van der Waals surface area contributed by atoms with Gasteiger partial charge in [-0.1, -0.05) is 30.8 Å². The topological polar surface area (TPSA) is 49.8 Å². The number of aliphatic hydroxyl groups is 1. The van der Waals surface area contributed by atoms with Gasteiger partial charge >= 0.3 is 0 Å². The first kappa shape index (κ1) is 19.5. The van der Waals surface area contributed by atoms with Gasteiger partial charge in [0.15, 0.2) is 0 Å². The molecule has 4 rings (SSSR count). The summed E-state index contributed by atoms with van der Waals surface area (Å²) < 4.78 is 5.75. The van der Waals surface area contributed by atoms with Gasteiger partial charge in [-0.3, -0.25) is 4.79 Å². The Labute approximate surface area is 170 Å². The number of carbonyl (C=O) groups excluding carboxylic acids is 1. The average molecular weight is 398 g/mol. The van der Waals surface area contributed by atoms with Gasteiger partial charge in [0.2, 0.25) is 5.91 Å². The highest BCUT2D eigenvalue weighted by molar-refractivity contribution is 7.99. The lowest BCUT2D eigenvalue weighted by Crippen LogP contribution is -2.38. The molecule has 0 bridgehead atoms. The number of aryl methyl sites for hydroxylation is 1. The molecule has 0 aliphatic carbocycles. The van der Waals surface area contributed by atoms with E-state index < -0.39 is 5.60 Å². The number of rotatable bonds is 4. The van der Waals surface area contributed by atoms with Crippen LogP contribution in [0.25, 0.3) is 0 Å². The first-order chi connectivity index (χ1) is 13.5. The minimum absolute atomic E-state index is 0.121. The van der Waals surface area contributed by atoms with Crippen molar-refractivity contribution < 1.29 is 14.6 Å². The molecule has 1 amide bonds. The van der Waals surface area contributed by atoms with E-state index in [4.69, 9.17) is 4.74 Å². The van der Waals surface area contributed by atoms with E-state index >= 15 is 0 Å². The van der Waals surface area contributed by atoms with Crippen LogP contribution >= 0.6 is 11.8 Å². The van der Waals surface area contributed by atoms with Crippen LogP contribution in [0.4, 0.5) is 5.69 Å². The van der Waals surface area contributed by atoms with Gasteiger partial charge in [-0.25, -0.2) is 0 Å². The predicted octanol–water partition coefficient (Wildman–Crippen LogP) is 4.52. The van der Waals surface area contributed by atoms with Gasteiger partial charge in [0.1, 0.15) is 0 Å². The quantitative estimate of drug-likeness (QED) is 0.824. The molecule has 2 aliphatic rings. The monoisotopic (exact) mass is 397 g/mol. The largest absolute Gasteiger partial charge is 0.385 e. The van der Waals surface area contributed by atoms with Crippen LogP contribution in [-0.2, 0) is 21.6 Å². The maximum absolute atomic E-state index is 11.9. The van der Waals surface area contributed by atoms with E-state index in [9.17, 15) is 9.90 Å². The summed E-state index contributed by atoms with van der Waals surface area (Å²) in [6, 6.07) is 14.5. The second-order valence-corrected chi connectivity index (χ2v) is 8.91. The molecule has 1 N–H and O–H groups in total. The normalized spacial score (nSPS) is 24.9. The van der Waals surface area contributed by atoms with Gasteiger partial charge in [0.05, 0.1) is 18.3 Å². The Morgan fingerprint density at radius 3 is 2.86 bits per heavy atom. The number of carbonyl (C=O) groups is 1. The summed E-state index contributed by atoms with van der Waals surface area (Å²) in [5.74, 6) is 0.177. The molecule has 2 aromatic carbocycles. The highest BCUT2D eigenvalue weighted by Crippen LogP contribution is 2.39. The van der Waals surface area contributed by atoms with E-state index in [-0.39, 0.29) is 12.0 Å². The van der Waals surface area contributed by atoms with Crippen LogP contribution in [0.1, 0.15) is 43.7 Å². The van der Waals surface area contributed by atoms with E-state index in [2.05, 4.69) is 31.2 Å². The highest BCUT2D eigenvalue weighted by atomic mass is 32.2. The van der Waals surface area contributed by atoms with Gasteiger partial charge in [0.25, 0.3) is 0 Å². The third kappa shape index (κ3) is 3.84. The van der Waals surface area contributed by atoms with Crippen LogP contribution in [-0.4, -0.2) is 30.8 Å². The smallest absolute Gasteiger partial charge is 0.227 e. The summed E-state index contributed by atoms with van der Waals surface area (Å²) in [4.78, 5) is 15.9. The molecule has 4 nitrogen and oxygen atoms in total. The molecule has 0 aromatic heterocycles. The Kier molecular flexibility index (Phi) is 5.50. The fraction of sp³-hybridized carbons (Fsp3) is 0.435. The molecule has 2 aromatic rings. The molecule has 2 heterocycles. The van der Waals surface area contributed by atoms with Crippen LogP contribution in [0.3, 0.4) is 0 Å². The van der Waals surface area contributed by atoms with Crippen LogP contribution in [0.2, 0.25) is 0 Å². The lowest BCUT2D eigenvalue weighted by atomic mass is 9.83. The maximum atomic E-state index is 11.9. The van der Waals surface area contributed by atoms with E-state index in [1.54, 1.807) is 16.7 Å². The summed E-state index contributed by atoms with van der Waals surface area (Å²) in [5.41, 5.74) is 2.39. The first-order valence-corrected chi connectivity index (χ1v) is 10.8. The fourth-order valence-corrected chi connectivity index (χ4v) is 5.08. The van der Waals surface area contributed by atoms with E-state index in [0.717, 1.165) is 33.9 Å². The minimum atomic E-state index is -0.811. The molecule has 1 fully saturated rings. The van der Waals surface area contributed by atoms with E-state index in [1.165, 1.54) is 5.56 Å². The van der Waals surface area contributed by atoms with Gasteiger partial charge in [-0.15, -0.1) is 0 Å². The number of fused-ring (bicyclic) bond motifs is 1. The number of benzene rings is 2. The Balaban J connectivity index is 1.55. The molecule has 0 spiro atoms. The van der Waals surface area contributed by atoms with Crippen molar-refractivity contribution in [1.29, 1.82) is 0 Å². The molecular weight excluding hydrogens is 370 g/mol. The SMILES string of the molecule is CC[C@H]1C[C@](O)(c2cccc(Sc3ccc4c(c3)CCC(=O)N4C)c2)CCO1. The van der Waals surface area contributed by atoms with Crippen LogP contribution in [0.15, 0.2) is 52.3 Å².